The minimum atomic E-state index is -0.901. The van der Waals surface area contributed by atoms with Crippen LogP contribution in [0.25, 0.3) is 0 Å². The molecule has 6 heteroatoms. The van der Waals surface area contributed by atoms with Crippen molar-refractivity contribution in [3.05, 3.63) is 48.6 Å². The Balaban J connectivity index is 2.33. The van der Waals surface area contributed by atoms with Gasteiger partial charge in [0.15, 0.2) is 0 Å². The zero-order valence-electron chi connectivity index (χ0n) is 16.6. The average molecular weight is 395 g/mol. The van der Waals surface area contributed by atoms with Crippen LogP contribution in [-0.2, 0) is 9.53 Å². The first-order valence-corrected chi connectivity index (χ1v) is 9.98. The van der Waals surface area contributed by atoms with E-state index in [2.05, 4.69) is 19.1 Å². The monoisotopic (exact) mass is 394 g/mol. The summed E-state index contributed by atoms with van der Waals surface area (Å²) in [6, 6.07) is 0. The van der Waals surface area contributed by atoms with E-state index in [0.717, 1.165) is 12.8 Å². The fourth-order valence-electron chi connectivity index (χ4n) is 2.87. The van der Waals surface area contributed by atoms with Gasteiger partial charge in [0.25, 0.3) is 0 Å². The highest BCUT2D eigenvalue weighted by Crippen LogP contribution is 2.26. The Labute approximate surface area is 167 Å². The summed E-state index contributed by atoms with van der Waals surface area (Å²) >= 11 is 0. The highest BCUT2D eigenvalue weighted by Gasteiger charge is 2.36. The molecule has 0 aromatic rings. The molecule has 158 valence electrons. The quantitative estimate of drug-likeness (QED) is 0.358. The molecule has 1 aliphatic heterocycles. The third-order valence-corrected chi connectivity index (χ3v) is 4.44. The van der Waals surface area contributed by atoms with Gasteiger partial charge in [0.05, 0.1) is 30.5 Å². The number of rotatable bonds is 13. The van der Waals surface area contributed by atoms with Gasteiger partial charge < -0.3 is 25.2 Å². The van der Waals surface area contributed by atoms with Gasteiger partial charge in [-0.3, -0.25) is 4.79 Å². The predicted molar refractivity (Wildman–Crippen MR) is 109 cm³/mol. The first-order chi connectivity index (χ1) is 13.4. The number of allylic oxidation sites excluding steroid dienone is 4. The summed E-state index contributed by atoms with van der Waals surface area (Å²) in [4.78, 5) is 10.4. The van der Waals surface area contributed by atoms with Crippen LogP contribution in [0.1, 0.15) is 51.9 Å². The Hall–Kier alpha value is -1.73. The summed E-state index contributed by atoms with van der Waals surface area (Å²) in [5.74, 6) is -0.853. The maximum Gasteiger partial charge on any atom is 0.303 e. The smallest absolute Gasteiger partial charge is 0.303 e. The maximum atomic E-state index is 10.4. The van der Waals surface area contributed by atoms with Gasteiger partial charge >= 0.3 is 5.97 Å². The SMILES string of the molecule is CC/C=C\C/C=C\C[C@H]1O[C@@H]([C@H](O)/C=C/[C@@H](O)C/C=C\CCC(=O)O)C[C@@H]1O. The van der Waals surface area contributed by atoms with Crippen LogP contribution in [0.3, 0.4) is 0 Å². The van der Waals surface area contributed by atoms with Gasteiger partial charge in [-0.2, -0.15) is 0 Å². The Morgan fingerprint density at radius 2 is 1.86 bits per heavy atom. The largest absolute Gasteiger partial charge is 0.481 e. The lowest BCUT2D eigenvalue weighted by atomic mass is 10.0. The van der Waals surface area contributed by atoms with Gasteiger partial charge in [0, 0.05) is 12.8 Å². The summed E-state index contributed by atoms with van der Waals surface area (Å²) in [6.07, 6.45) is 15.2. The molecule has 0 unspecified atom stereocenters. The molecule has 0 aliphatic carbocycles. The van der Waals surface area contributed by atoms with Crippen molar-refractivity contribution >= 4 is 5.97 Å². The summed E-state index contributed by atoms with van der Waals surface area (Å²) in [7, 11) is 0. The Kier molecular flexibility index (Phi) is 12.4. The zero-order chi connectivity index (χ0) is 20.8. The molecule has 0 amide bonds. The summed E-state index contributed by atoms with van der Waals surface area (Å²) < 4.78 is 5.76. The second-order valence-corrected chi connectivity index (χ2v) is 6.92. The van der Waals surface area contributed by atoms with E-state index in [9.17, 15) is 20.1 Å². The van der Waals surface area contributed by atoms with Crippen molar-refractivity contribution in [2.45, 2.75) is 82.4 Å². The first-order valence-electron chi connectivity index (χ1n) is 9.98. The van der Waals surface area contributed by atoms with E-state index in [0.29, 0.717) is 25.7 Å². The highest BCUT2D eigenvalue weighted by atomic mass is 16.5. The molecule has 0 radical (unpaired) electrons. The standard InChI is InChI=1S/C22H34O6/c1-2-3-4-5-6-9-12-20-19(25)16-21(28-20)18(24)15-14-17(23)11-8-7-10-13-22(26)27/h3-4,6-9,14-15,17-21,23-25H,2,5,10-13,16H2,1H3,(H,26,27)/b4-3-,8-7-,9-6-,15-14+/t17-,18+,19-,20+,21+/m0/s1. The van der Waals surface area contributed by atoms with Crippen molar-refractivity contribution < 1.29 is 30.0 Å². The van der Waals surface area contributed by atoms with Crippen LogP contribution in [0.2, 0.25) is 0 Å². The lowest BCUT2D eigenvalue weighted by molar-refractivity contribution is -0.136. The molecule has 5 atom stereocenters. The summed E-state index contributed by atoms with van der Waals surface area (Å²) in [5, 5.41) is 38.8. The molecular weight excluding hydrogens is 360 g/mol. The molecular formula is C22H34O6. The summed E-state index contributed by atoms with van der Waals surface area (Å²) in [5.41, 5.74) is 0. The number of carbonyl (C=O) groups is 1. The van der Waals surface area contributed by atoms with Crippen LogP contribution >= 0.6 is 0 Å². The van der Waals surface area contributed by atoms with E-state index >= 15 is 0 Å². The third kappa shape index (κ3) is 10.6. The van der Waals surface area contributed by atoms with Gasteiger partial charge in [-0.1, -0.05) is 55.5 Å². The van der Waals surface area contributed by atoms with Crippen LogP contribution in [0, 0.1) is 0 Å². The van der Waals surface area contributed by atoms with Crippen molar-refractivity contribution in [2.24, 2.45) is 0 Å². The molecule has 0 bridgehead atoms. The number of carboxylic acid groups (broad SMARTS) is 1. The van der Waals surface area contributed by atoms with Crippen molar-refractivity contribution in [3.63, 3.8) is 0 Å². The van der Waals surface area contributed by atoms with Gasteiger partial charge in [0.1, 0.15) is 0 Å². The van der Waals surface area contributed by atoms with Gasteiger partial charge in [-0.15, -0.1) is 0 Å². The molecule has 1 rings (SSSR count). The number of hydrogen-bond acceptors (Lipinski definition) is 5. The van der Waals surface area contributed by atoms with Crippen molar-refractivity contribution in [1.29, 1.82) is 0 Å². The van der Waals surface area contributed by atoms with E-state index in [4.69, 9.17) is 9.84 Å². The van der Waals surface area contributed by atoms with Crippen molar-refractivity contribution in [1.82, 2.24) is 0 Å². The molecule has 1 saturated heterocycles. The van der Waals surface area contributed by atoms with E-state index in [1.807, 2.05) is 12.2 Å². The Morgan fingerprint density at radius 1 is 1.11 bits per heavy atom. The average Bonchev–Trinajstić information content (AvgIpc) is 3.03. The first kappa shape index (κ1) is 24.3. The van der Waals surface area contributed by atoms with Crippen LogP contribution in [0.5, 0.6) is 0 Å². The third-order valence-electron chi connectivity index (χ3n) is 4.44. The van der Waals surface area contributed by atoms with Crippen molar-refractivity contribution in [3.8, 4) is 0 Å². The lowest BCUT2D eigenvalue weighted by Crippen LogP contribution is -2.24. The predicted octanol–water partition coefficient (Wildman–Crippen LogP) is 2.90. The Bertz CT molecular complexity index is 551. The molecule has 4 N–H and O–H groups in total. The van der Waals surface area contributed by atoms with Crippen molar-refractivity contribution in [2.75, 3.05) is 0 Å². The molecule has 1 fully saturated rings. The second kappa shape index (κ2) is 14.3. The van der Waals surface area contributed by atoms with E-state index < -0.39 is 30.4 Å². The number of aliphatic carboxylic acids is 1. The van der Waals surface area contributed by atoms with Crippen LogP contribution < -0.4 is 0 Å². The minimum Gasteiger partial charge on any atom is -0.481 e. The molecule has 1 heterocycles. The molecule has 0 spiro atoms. The molecule has 6 nitrogen and oxygen atoms in total. The minimum absolute atomic E-state index is 0.0638. The van der Waals surface area contributed by atoms with Crippen LogP contribution in [0.4, 0.5) is 0 Å². The topological polar surface area (TPSA) is 107 Å². The molecule has 0 aromatic carbocycles. The van der Waals surface area contributed by atoms with Gasteiger partial charge in [-0.25, -0.2) is 0 Å². The normalized spacial score (nSPS) is 25.5. The highest BCUT2D eigenvalue weighted by molar-refractivity contribution is 5.66. The molecule has 0 saturated carbocycles. The van der Waals surface area contributed by atoms with E-state index in [1.165, 1.54) is 12.2 Å². The fourth-order valence-corrected chi connectivity index (χ4v) is 2.87. The lowest BCUT2D eigenvalue weighted by Gasteiger charge is -2.16. The van der Waals surface area contributed by atoms with E-state index in [-0.39, 0.29) is 12.5 Å². The number of aliphatic hydroxyl groups excluding tert-OH is 3. The molecule has 0 aromatic heterocycles. The maximum absolute atomic E-state index is 10.4. The van der Waals surface area contributed by atoms with Gasteiger partial charge in [-0.05, 0) is 32.1 Å². The zero-order valence-corrected chi connectivity index (χ0v) is 16.6. The second-order valence-electron chi connectivity index (χ2n) is 6.92. The van der Waals surface area contributed by atoms with Crippen LogP contribution in [0.15, 0.2) is 48.6 Å². The van der Waals surface area contributed by atoms with Gasteiger partial charge in [0.2, 0.25) is 0 Å². The number of carboxylic acids is 1. The summed E-state index contributed by atoms with van der Waals surface area (Å²) in [6.45, 7) is 2.08. The number of hydrogen-bond donors (Lipinski definition) is 4. The number of aliphatic hydroxyl groups is 3. The Morgan fingerprint density at radius 3 is 2.57 bits per heavy atom. The van der Waals surface area contributed by atoms with Crippen LogP contribution in [-0.4, -0.2) is 56.9 Å². The molecule has 28 heavy (non-hydrogen) atoms. The fraction of sp³-hybridized carbons (Fsp3) is 0.591. The molecule has 1 aliphatic rings. The van der Waals surface area contributed by atoms with E-state index in [1.54, 1.807) is 12.2 Å². The number of ether oxygens (including phenoxy) is 1.